The van der Waals surface area contributed by atoms with Gasteiger partial charge in [-0.05, 0) is 43.2 Å². The lowest BCUT2D eigenvalue weighted by Gasteiger charge is -2.43. The minimum absolute atomic E-state index is 0.174. The van der Waals surface area contributed by atoms with Gasteiger partial charge in [-0.25, -0.2) is 0 Å². The quantitative estimate of drug-likeness (QED) is 0.0963. The normalized spacial score (nSPS) is 19.1. The van der Waals surface area contributed by atoms with Crippen LogP contribution in [0.2, 0.25) is 0 Å². The third kappa shape index (κ3) is 14.3. The van der Waals surface area contributed by atoms with Gasteiger partial charge in [0.2, 0.25) is 0 Å². The van der Waals surface area contributed by atoms with E-state index in [1.807, 2.05) is 0 Å². The largest absolute Gasteiger partial charge is 0.491 e. The topological polar surface area (TPSA) is 9.23 Å². The van der Waals surface area contributed by atoms with Gasteiger partial charge in [-0.3, -0.25) is 0 Å². The second-order valence-corrected chi connectivity index (χ2v) is 13.0. The number of hydrogen-bond acceptors (Lipinski definition) is 1. The van der Waals surface area contributed by atoms with Crippen LogP contribution in [0.1, 0.15) is 174 Å². The van der Waals surface area contributed by atoms with Crippen LogP contribution in [-0.2, 0) is 6.42 Å². The summed E-state index contributed by atoms with van der Waals surface area (Å²) in [6, 6.07) is 8.74. The maximum Gasteiger partial charge on any atom is 0.122 e. The van der Waals surface area contributed by atoms with Crippen molar-refractivity contribution in [1.29, 1.82) is 0 Å². The number of benzene rings is 1. The zero-order chi connectivity index (χ0) is 26.4. The molecular formula is C35H61OSi. The molecule has 2 unspecified atom stereocenters. The summed E-state index contributed by atoms with van der Waals surface area (Å²) in [4.78, 5) is 0. The fourth-order valence-corrected chi connectivity index (χ4v) is 6.71. The zero-order valence-electron chi connectivity index (χ0n) is 25.0. The van der Waals surface area contributed by atoms with Crippen molar-refractivity contribution in [2.75, 3.05) is 0 Å². The van der Waals surface area contributed by atoms with E-state index in [-0.39, 0.29) is 5.22 Å². The number of para-hydroxylation sites is 1. The van der Waals surface area contributed by atoms with E-state index in [1.165, 1.54) is 153 Å². The van der Waals surface area contributed by atoms with Crippen molar-refractivity contribution in [2.24, 2.45) is 5.92 Å². The van der Waals surface area contributed by atoms with Gasteiger partial charge in [0.25, 0.3) is 0 Å². The van der Waals surface area contributed by atoms with Crippen LogP contribution in [0.25, 0.3) is 0 Å². The predicted octanol–water partition coefficient (Wildman–Crippen LogP) is 11.5. The fraction of sp³-hybridized carbons (Fsp3) is 0.829. The molecule has 0 N–H and O–H groups in total. The Hall–Kier alpha value is -0.763. The minimum Gasteiger partial charge on any atom is -0.491 e. The highest BCUT2D eigenvalue weighted by atomic mass is 28.1. The molecule has 3 radical (unpaired) electrons. The van der Waals surface area contributed by atoms with Gasteiger partial charge in [-0.1, -0.05) is 167 Å². The fourth-order valence-electron chi connectivity index (χ4n) is 6.18. The van der Waals surface area contributed by atoms with Crippen molar-refractivity contribution >= 4 is 10.2 Å². The van der Waals surface area contributed by atoms with E-state index in [0.717, 1.165) is 18.6 Å². The number of fused-ring (bicyclic) bond motifs is 1. The Morgan fingerprint density at radius 3 is 1.57 bits per heavy atom. The van der Waals surface area contributed by atoms with Crippen LogP contribution in [0, 0.1) is 5.92 Å². The van der Waals surface area contributed by atoms with Crippen molar-refractivity contribution in [3.63, 3.8) is 0 Å². The molecule has 0 fully saturated rings. The summed E-state index contributed by atoms with van der Waals surface area (Å²) >= 11 is 0. The van der Waals surface area contributed by atoms with Crippen LogP contribution >= 0.6 is 0 Å². The number of unbranched alkanes of at least 4 members (excludes halogenated alkanes) is 20. The molecular weight excluding hydrogens is 464 g/mol. The first-order valence-corrected chi connectivity index (χ1v) is 17.2. The SMILES string of the molecule is CCCCCCCCCCCCCC1Cc2ccccc2OC1([Si])CCCCCCCCCCCCC. The van der Waals surface area contributed by atoms with E-state index in [4.69, 9.17) is 4.74 Å². The monoisotopic (exact) mass is 525 g/mol. The number of ether oxygens (including phenoxy) is 1. The lowest BCUT2D eigenvalue weighted by Crippen LogP contribution is -2.48. The Balaban J connectivity index is 1.63. The molecule has 1 aliphatic heterocycles. The summed E-state index contributed by atoms with van der Waals surface area (Å²) < 4.78 is 6.69. The average molecular weight is 526 g/mol. The molecule has 1 aromatic rings. The van der Waals surface area contributed by atoms with Crippen LogP contribution in [0.4, 0.5) is 0 Å². The second kappa shape index (κ2) is 21.1. The molecule has 0 aromatic heterocycles. The predicted molar refractivity (Wildman–Crippen MR) is 165 cm³/mol. The van der Waals surface area contributed by atoms with Crippen molar-refractivity contribution < 1.29 is 4.74 Å². The lowest BCUT2D eigenvalue weighted by molar-refractivity contribution is 0.0533. The summed E-state index contributed by atoms with van der Waals surface area (Å²) in [6.07, 6.45) is 34.5. The Labute approximate surface area is 235 Å². The van der Waals surface area contributed by atoms with Crippen molar-refractivity contribution in [3.8, 4) is 5.75 Å². The highest BCUT2D eigenvalue weighted by Crippen LogP contribution is 2.40. The molecule has 1 aliphatic rings. The summed E-state index contributed by atoms with van der Waals surface area (Å²) in [6.45, 7) is 4.60. The number of hydrogen-bond donors (Lipinski definition) is 0. The van der Waals surface area contributed by atoms with E-state index < -0.39 is 0 Å². The molecule has 1 nitrogen and oxygen atoms in total. The molecule has 2 rings (SSSR count). The standard InChI is InChI=1S/C35H61OSi/c1-3-5-7-9-11-13-15-17-19-21-23-28-33-31-32-27-24-25-29-34(32)36-35(33,37)30-26-22-20-18-16-14-12-10-8-6-4-2/h24-25,27,29,33H,3-23,26,28,30-31H2,1-2H3. The zero-order valence-corrected chi connectivity index (χ0v) is 26.0. The first kappa shape index (κ1) is 32.4. The van der Waals surface area contributed by atoms with Crippen molar-refractivity contribution in [2.45, 2.75) is 180 Å². The smallest absolute Gasteiger partial charge is 0.122 e. The summed E-state index contributed by atoms with van der Waals surface area (Å²) in [7, 11) is 4.23. The molecule has 211 valence electrons. The van der Waals surface area contributed by atoms with Gasteiger partial charge >= 0.3 is 0 Å². The van der Waals surface area contributed by atoms with Gasteiger partial charge in [0.1, 0.15) is 5.75 Å². The van der Waals surface area contributed by atoms with Crippen molar-refractivity contribution in [1.82, 2.24) is 0 Å². The summed E-state index contributed by atoms with van der Waals surface area (Å²) in [5.41, 5.74) is 1.41. The molecule has 2 atom stereocenters. The summed E-state index contributed by atoms with van der Waals surface area (Å²) in [5, 5.41) is -0.174. The third-order valence-electron chi connectivity index (χ3n) is 8.70. The van der Waals surface area contributed by atoms with E-state index in [9.17, 15) is 0 Å². The van der Waals surface area contributed by atoms with Crippen molar-refractivity contribution in [3.05, 3.63) is 29.8 Å². The number of rotatable bonds is 24. The van der Waals surface area contributed by atoms with Gasteiger partial charge in [-0.15, -0.1) is 0 Å². The first-order chi connectivity index (χ1) is 18.2. The van der Waals surface area contributed by atoms with E-state index in [0.29, 0.717) is 5.92 Å². The highest BCUT2D eigenvalue weighted by molar-refractivity contribution is 6.15. The van der Waals surface area contributed by atoms with Crippen LogP contribution in [0.5, 0.6) is 5.75 Å². The average Bonchev–Trinajstić information content (AvgIpc) is 2.90. The Kier molecular flexibility index (Phi) is 18.5. The van der Waals surface area contributed by atoms with E-state index in [2.05, 4.69) is 48.4 Å². The molecule has 1 aromatic carbocycles. The molecule has 0 aliphatic carbocycles. The molecule has 0 saturated carbocycles. The van der Waals surface area contributed by atoms with Gasteiger partial charge in [0, 0.05) is 0 Å². The maximum absolute atomic E-state index is 6.69. The molecule has 37 heavy (non-hydrogen) atoms. The second-order valence-electron chi connectivity index (χ2n) is 12.1. The van der Waals surface area contributed by atoms with E-state index in [1.54, 1.807) is 0 Å². The minimum atomic E-state index is -0.174. The molecule has 0 amide bonds. The molecule has 1 heterocycles. The van der Waals surface area contributed by atoms with E-state index >= 15 is 0 Å². The third-order valence-corrected chi connectivity index (χ3v) is 9.46. The maximum atomic E-state index is 6.69. The Morgan fingerprint density at radius 2 is 1.05 bits per heavy atom. The summed E-state index contributed by atoms with van der Waals surface area (Å²) in [5.74, 6) is 1.69. The highest BCUT2D eigenvalue weighted by Gasteiger charge is 2.39. The molecule has 0 saturated heterocycles. The first-order valence-electron chi connectivity index (χ1n) is 16.7. The van der Waals surface area contributed by atoms with Crippen LogP contribution < -0.4 is 4.74 Å². The Bertz CT molecular complexity index is 658. The van der Waals surface area contributed by atoms with Gasteiger partial charge in [0.15, 0.2) is 0 Å². The van der Waals surface area contributed by atoms with Gasteiger partial charge in [-0.2, -0.15) is 0 Å². The van der Waals surface area contributed by atoms with Gasteiger partial charge in [0.05, 0.1) is 15.5 Å². The molecule has 0 spiro atoms. The Morgan fingerprint density at radius 1 is 0.622 bits per heavy atom. The lowest BCUT2D eigenvalue weighted by atomic mass is 9.83. The molecule has 0 bridgehead atoms. The molecule has 2 heteroatoms. The van der Waals surface area contributed by atoms with Crippen LogP contribution in [-0.4, -0.2) is 15.5 Å². The van der Waals surface area contributed by atoms with Crippen LogP contribution in [0.15, 0.2) is 24.3 Å². The van der Waals surface area contributed by atoms with Crippen LogP contribution in [0.3, 0.4) is 0 Å². The van der Waals surface area contributed by atoms with Gasteiger partial charge < -0.3 is 4.74 Å².